The Kier molecular flexibility index (Phi) is 5.10. The Hall–Kier alpha value is -2.78. The number of nitrogens with one attached hydrogen (secondary N) is 1. The van der Waals surface area contributed by atoms with Crippen molar-refractivity contribution >= 4 is 39.0 Å². The summed E-state index contributed by atoms with van der Waals surface area (Å²) in [7, 11) is 0. The Morgan fingerprint density at radius 3 is 3.04 bits per heavy atom. The Morgan fingerprint density at radius 1 is 1.43 bits per heavy atom. The first-order valence-electron chi connectivity index (χ1n) is 8.81. The molecule has 1 aliphatic heterocycles. The van der Waals surface area contributed by atoms with E-state index >= 15 is 0 Å². The van der Waals surface area contributed by atoms with Crippen molar-refractivity contribution in [3.05, 3.63) is 40.8 Å². The van der Waals surface area contributed by atoms with Gasteiger partial charge in [0.15, 0.2) is 0 Å². The minimum absolute atomic E-state index is 0.150. The topological polar surface area (TPSA) is 93.6 Å². The van der Waals surface area contributed by atoms with Crippen LogP contribution in [0.15, 0.2) is 24.5 Å². The highest BCUT2D eigenvalue weighted by Gasteiger charge is 2.21. The molecule has 2 N–H and O–H groups in total. The van der Waals surface area contributed by atoms with E-state index < -0.39 is 11.8 Å². The van der Waals surface area contributed by atoms with Crippen molar-refractivity contribution in [3.63, 3.8) is 0 Å². The van der Waals surface area contributed by atoms with E-state index in [0.29, 0.717) is 46.2 Å². The van der Waals surface area contributed by atoms with Crippen LogP contribution < -0.4 is 10.1 Å². The number of nitrogens with zero attached hydrogens (tertiary/aromatic N) is 2. The molecule has 7 nitrogen and oxygen atoms in total. The normalized spacial score (nSPS) is 16.9. The Labute approximate surface area is 164 Å². The number of benzene rings is 1. The number of aromatic nitrogens is 2. The summed E-state index contributed by atoms with van der Waals surface area (Å²) in [4.78, 5) is 20.7. The molecular weight excluding hydrogens is 385 g/mol. The number of hydrogen-bond donors (Lipinski definition) is 2. The van der Waals surface area contributed by atoms with Crippen molar-refractivity contribution in [1.82, 2.24) is 9.97 Å². The number of anilines is 2. The number of ether oxygens (including phenoxy) is 2. The highest BCUT2D eigenvalue weighted by molar-refractivity contribution is 7.20. The summed E-state index contributed by atoms with van der Waals surface area (Å²) in [6.45, 7) is 2.88. The van der Waals surface area contributed by atoms with Crippen molar-refractivity contribution in [3.8, 4) is 5.75 Å². The molecule has 0 amide bonds. The maximum Gasteiger partial charge on any atom is 0.346 e. The molecule has 2 aromatic heterocycles. The predicted molar refractivity (Wildman–Crippen MR) is 103 cm³/mol. The van der Waals surface area contributed by atoms with E-state index in [1.165, 1.54) is 18.5 Å². The molecule has 1 saturated heterocycles. The minimum atomic E-state index is -1.01. The highest BCUT2D eigenvalue weighted by atomic mass is 32.1. The molecule has 0 spiro atoms. The molecule has 3 heterocycles. The summed E-state index contributed by atoms with van der Waals surface area (Å²) in [5.41, 5.74) is 1.12. The van der Waals surface area contributed by atoms with E-state index in [4.69, 9.17) is 9.47 Å². The molecule has 28 heavy (non-hydrogen) atoms. The number of rotatable bonds is 5. The molecular formula is C19H18FN3O4S. The summed E-state index contributed by atoms with van der Waals surface area (Å²) in [6.07, 6.45) is 2.94. The van der Waals surface area contributed by atoms with Crippen LogP contribution in [0.5, 0.6) is 5.75 Å². The van der Waals surface area contributed by atoms with Gasteiger partial charge >= 0.3 is 5.97 Å². The monoisotopic (exact) mass is 403 g/mol. The highest BCUT2D eigenvalue weighted by Crippen LogP contribution is 2.36. The first-order valence-corrected chi connectivity index (χ1v) is 9.63. The van der Waals surface area contributed by atoms with Crippen molar-refractivity contribution < 1.29 is 23.8 Å². The second-order valence-corrected chi connectivity index (χ2v) is 7.49. The molecule has 1 aliphatic rings. The fraction of sp³-hybridized carbons (Fsp3) is 0.316. The molecule has 3 aromatic rings. The molecule has 146 valence electrons. The molecule has 0 saturated carbocycles. The molecule has 0 radical (unpaired) electrons. The van der Waals surface area contributed by atoms with Crippen molar-refractivity contribution in [2.75, 3.05) is 18.5 Å². The van der Waals surface area contributed by atoms with Gasteiger partial charge in [-0.15, -0.1) is 11.3 Å². The van der Waals surface area contributed by atoms with Gasteiger partial charge < -0.3 is 19.9 Å². The van der Waals surface area contributed by atoms with Gasteiger partial charge in [-0.05, 0) is 37.5 Å². The summed E-state index contributed by atoms with van der Waals surface area (Å²) in [5.74, 6) is -0.615. The van der Waals surface area contributed by atoms with Gasteiger partial charge in [-0.1, -0.05) is 0 Å². The second kappa shape index (κ2) is 7.69. The average Bonchev–Trinajstić information content (AvgIpc) is 3.03. The van der Waals surface area contributed by atoms with Gasteiger partial charge in [0.1, 0.15) is 39.5 Å². The number of carbonyl (C=O) groups is 1. The van der Waals surface area contributed by atoms with E-state index in [-0.39, 0.29) is 11.0 Å². The zero-order valence-electron chi connectivity index (χ0n) is 15.1. The van der Waals surface area contributed by atoms with Crippen molar-refractivity contribution in [2.24, 2.45) is 0 Å². The second-order valence-electron chi connectivity index (χ2n) is 6.49. The number of aromatic carboxylic acids is 1. The van der Waals surface area contributed by atoms with E-state index in [1.54, 1.807) is 13.0 Å². The third-order valence-electron chi connectivity index (χ3n) is 4.53. The van der Waals surface area contributed by atoms with Crippen LogP contribution in [0.1, 0.15) is 28.1 Å². The number of carboxylic acid groups (broad SMARTS) is 1. The van der Waals surface area contributed by atoms with Crippen LogP contribution in [-0.2, 0) is 4.74 Å². The van der Waals surface area contributed by atoms with Crippen molar-refractivity contribution in [2.45, 2.75) is 25.9 Å². The molecule has 0 aliphatic carbocycles. The maximum absolute atomic E-state index is 13.8. The van der Waals surface area contributed by atoms with E-state index in [0.717, 1.165) is 24.2 Å². The standard InChI is InChI=1S/C19H18FN3O4S/c1-10-15-17(21-9-22-18(15)28-16(10)19(24)25)23-13-5-4-11(20)7-14(13)27-12-3-2-6-26-8-12/h4-5,7,9,12H,2-3,6,8H2,1H3,(H,24,25)(H,21,22,23). The van der Waals surface area contributed by atoms with E-state index in [2.05, 4.69) is 15.3 Å². The summed E-state index contributed by atoms with van der Waals surface area (Å²) in [5, 5.41) is 13.2. The molecule has 9 heteroatoms. The largest absolute Gasteiger partial charge is 0.486 e. The van der Waals surface area contributed by atoms with Crippen LogP contribution >= 0.6 is 11.3 Å². The van der Waals surface area contributed by atoms with Crippen LogP contribution in [0.3, 0.4) is 0 Å². The number of halogens is 1. The molecule has 1 fully saturated rings. The third-order valence-corrected chi connectivity index (χ3v) is 5.72. The lowest BCUT2D eigenvalue weighted by Crippen LogP contribution is -2.28. The Morgan fingerprint density at radius 2 is 2.29 bits per heavy atom. The van der Waals surface area contributed by atoms with Crippen LogP contribution in [0.2, 0.25) is 0 Å². The first kappa shape index (κ1) is 18.6. The van der Waals surface area contributed by atoms with E-state index in [9.17, 15) is 14.3 Å². The number of hydrogen-bond acceptors (Lipinski definition) is 7. The lowest BCUT2D eigenvalue weighted by molar-refractivity contribution is 0.00763. The average molecular weight is 403 g/mol. The third kappa shape index (κ3) is 3.63. The van der Waals surface area contributed by atoms with Crippen LogP contribution in [0.25, 0.3) is 10.2 Å². The Balaban J connectivity index is 1.70. The number of thiophene rings is 1. The van der Waals surface area contributed by atoms with Gasteiger partial charge in [-0.3, -0.25) is 0 Å². The zero-order valence-corrected chi connectivity index (χ0v) is 15.9. The van der Waals surface area contributed by atoms with Gasteiger partial charge in [0, 0.05) is 12.7 Å². The molecule has 1 atom stereocenters. The van der Waals surface area contributed by atoms with Crippen LogP contribution in [0, 0.1) is 12.7 Å². The van der Waals surface area contributed by atoms with Gasteiger partial charge in [0.05, 0.1) is 17.7 Å². The molecule has 1 aromatic carbocycles. The molecule has 0 bridgehead atoms. The zero-order chi connectivity index (χ0) is 19.7. The first-order chi connectivity index (χ1) is 13.5. The van der Waals surface area contributed by atoms with Gasteiger partial charge in [0.25, 0.3) is 0 Å². The smallest absolute Gasteiger partial charge is 0.346 e. The van der Waals surface area contributed by atoms with E-state index in [1.807, 2.05) is 0 Å². The fourth-order valence-electron chi connectivity index (χ4n) is 3.18. The summed E-state index contributed by atoms with van der Waals surface area (Å²) >= 11 is 1.09. The fourth-order valence-corrected chi connectivity index (χ4v) is 4.17. The molecule has 1 unspecified atom stereocenters. The predicted octanol–water partition coefficient (Wildman–Crippen LogP) is 4.14. The van der Waals surface area contributed by atoms with Crippen LogP contribution in [-0.4, -0.2) is 40.4 Å². The quantitative estimate of drug-likeness (QED) is 0.661. The summed E-state index contributed by atoms with van der Waals surface area (Å²) < 4.78 is 25.2. The van der Waals surface area contributed by atoms with Gasteiger partial charge in [-0.25, -0.2) is 19.2 Å². The number of carboxylic acids is 1. The lowest BCUT2D eigenvalue weighted by Gasteiger charge is -2.24. The lowest BCUT2D eigenvalue weighted by atomic mass is 10.1. The van der Waals surface area contributed by atoms with Gasteiger partial charge in [-0.2, -0.15) is 0 Å². The van der Waals surface area contributed by atoms with Crippen LogP contribution in [0.4, 0.5) is 15.9 Å². The SMILES string of the molecule is Cc1c(C(=O)O)sc2ncnc(Nc3ccc(F)cc3OC3CCCOC3)c12. The number of fused-ring (bicyclic) bond motifs is 1. The minimum Gasteiger partial charge on any atom is -0.486 e. The molecule has 4 rings (SSSR count). The van der Waals surface area contributed by atoms with Crippen molar-refractivity contribution in [1.29, 1.82) is 0 Å². The Bertz CT molecular complexity index is 1030. The van der Waals surface area contributed by atoms with Gasteiger partial charge in [0.2, 0.25) is 0 Å². The number of aryl methyl sites for hydroxylation is 1. The maximum atomic E-state index is 13.8. The summed E-state index contributed by atoms with van der Waals surface area (Å²) in [6, 6.07) is 4.22.